The first-order chi connectivity index (χ1) is 9.85. The van der Waals surface area contributed by atoms with Crippen molar-refractivity contribution in [3.05, 3.63) is 58.3 Å². The van der Waals surface area contributed by atoms with Gasteiger partial charge in [-0.1, -0.05) is 36.8 Å². The largest absolute Gasteiger partial charge is 0.316 e. The lowest BCUT2D eigenvalue weighted by Crippen LogP contribution is -2.51. The minimum Gasteiger partial charge on any atom is -0.316 e. The summed E-state index contributed by atoms with van der Waals surface area (Å²) in [5, 5.41) is 8.07. The third kappa shape index (κ3) is 2.55. The van der Waals surface area contributed by atoms with Crippen molar-refractivity contribution in [2.24, 2.45) is 0 Å². The van der Waals surface area contributed by atoms with Crippen molar-refractivity contribution < 1.29 is 0 Å². The second kappa shape index (κ2) is 6.11. The van der Waals surface area contributed by atoms with E-state index in [1.54, 1.807) is 11.3 Å². The van der Waals surface area contributed by atoms with Gasteiger partial charge in [-0.15, -0.1) is 0 Å². The molecule has 1 fully saturated rings. The second-order valence-electron chi connectivity index (χ2n) is 5.89. The van der Waals surface area contributed by atoms with Gasteiger partial charge in [-0.05, 0) is 60.7 Å². The van der Waals surface area contributed by atoms with Gasteiger partial charge in [-0.2, -0.15) is 11.3 Å². The van der Waals surface area contributed by atoms with Crippen LogP contribution in [-0.4, -0.2) is 13.1 Å². The Hall–Kier alpha value is -1.12. The molecule has 1 unspecified atom stereocenters. The lowest BCUT2D eigenvalue weighted by Gasteiger charge is -2.48. The van der Waals surface area contributed by atoms with E-state index in [0.717, 1.165) is 0 Å². The van der Waals surface area contributed by atoms with Crippen LogP contribution in [0, 0.1) is 0 Å². The Balaban J connectivity index is 1.76. The van der Waals surface area contributed by atoms with Gasteiger partial charge in [0.15, 0.2) is 0 Å². The molecule has 1 nitrogen and oxygen atoms in total. The van der Waals surface area contributed by atoms with Crippen LogP contribution in [0.15, 0.2) is 47.2 Å². The molecule has 1 saturated carbocycles. The Morgan fingerprint density at radius 3 is 2.55 bits per heavy atom. The molecule has 106 valence electrons. The maximum Gasteiger partial charge on any atom is 0.0164 e. The van der Waals surface area contributed by atoms with E-state index in [-0.39, 0.29) is 0 Å². The fraction of sp³-hybridized carbons (Fsp3) is 0.444. The van der Waals surface area contributed by atoms with E-state index in [4.69, 9.17) is 0 Å². The molecule has 0 aliphatic heterocycles. The van der Waals surface area contributed by atoms with Crippen LogP contribution >= 0.6 is 11.3 Å². The number of benzene rings is 1. The predicted molar refractivity (Wildman–Crippen MR) is 87.5 cm³/mol. The molecule has 0 saturated heterocycles. The smallest absolute Gasteiger partial charge is 0.0164 e. The molecule has 1 aromatic carbocycles. The molecule has 1 aliphatic rings. The van der Waals surface area contributed by atoms with Gasteiger partial charge in [0.2, 0.25) is 0 Å². The van der Waals surface area contributed by atoms with E-state index < -0.39 is 0 Å². The molecule has 2 aromatic rings. The van der Waals surface area contributed by atoms with Gasteiger partial charge in [0.05, 0.1) is 0 Å². The Morgan fingerprint density at radius 1 is 1.20 bits per heavy atom. The highest BCUT2D eigenvalue weighted by atomic mass is 32.1. The summed E-state index contributed by atoms with van der Waals surface area (Å²) in [6, 6.07) is 14.0. The van der Waals surface area contributed by atoms with Crippen LogP contribution in [0.25, 0.3) is 0 Å². The highest BCUT2D eigenvalue weighted by Gasteiger charge is 2.44. The van der Waals surface area contributed by atoms with Crippen LogP contribution in [0.2, 0.25) is 0 Å². The van der Waals surface area contributed by atoms with Gasteiger partial charge in [0.1, 0.15) is 0 Å². The molecule has 1 heterocycles. The summed E-state index contributed by atoms with van der Waals surface area (Å²) in [5.41, 5.74) is 3.38. The molecular formula is C18H23NS. The van der Waals surface area contributed by atoms with Crippen LogP contribution in [-0.2, 0) is 11.8 Å². The number of rotatable bonds is 6. The standard InChI is InChI=1S/C18H23NS/c1-19-17(9-8-15-10-13-20-14-15)18(11-5-12-18)16-6-3-2-4-7-16/h2-4,6-7,10,13-14,17,19H,5,8-9,11-12H2,1H3. The topological polar surface area (TPSA) is 12.0 Å². The molecule has 2 heteroatoms. The van der Waals surface area contributed by atoms with Gasteiger partial charge in [-0.3, -0.25) is 0 Å². The third-order valence-electron chi connectivity index (χ3n) is 4.91. The van der Waals surface area contributed by atoms with Crippen molar-refractivity contribution >= 4 is 11.3 Å². The molecule has 0 radical (unpaired) electrons. The van der Waals surface area contributed by atoms with Crippen molar-refractivity contribution in [2.45, 2.75) is 43.6 Å². The number of nitrogens with one attached hydrogen (secondary N) is 1. The van der Waals surface area contributed by atoms with Crippen molar-refractivity contribution in [2.75, 3.05) is 7.05 Å². The minimum absolute atomic E-state index is 0.367. The summed E-state index contributed by atoms with van der Waals surface area (Å²) in [4.78, 5) is 0. The Labute approximate surface area is 126 Å². The summed E-state index contributed by atoms with van der Waals surface area (Å²) in [7, 11) is 2.13. The molecule has 1 N–H and O–H groups in total. The first kappa shape index (κ1) is 13.8. The van der Waals surface area contributed by atoms with Crippen LogP contribution in [0.4, 0.5) is 0 Å². The molecule has 1 aliphatic carbocycles. The maximum absolute atomic E-state index is 3.61. The molecule has 20 heavy (non-hydrogen) atoms. The Bertz CT molecular complexity index is 514. The van der Waals surface area contributed by atoms with Gasteiger partial charge in [0.25, 0.3) is 0 Å². The van der Waals surface area contributed by atoms with Crippen molar-refractivity contribution in [1.82, 2.24) is 5.32 Å². The summed E-state index contributed by atoms with van der Waals surface area (Å²) in [6.07, 6.45) is 6.43. The first-order valence-corrected chi connectivity index (χ1v) is 8.53. The average molecular weight is 285 g/mol. The summed E-state index contributed by atoms with van der Waals surface area (Å²) >= 11 is 1.80. The normalized spacial score (nSPS) is 18.4. The SMILES string of the molecule is CNC(CCc1ccsc1)C1(c2ccccc2)CCC1. The summed E-state index contributed by atoms with van der Waals surface area (Å²) < 4.78 is 0. The van der Waals surface area contributed by atoms with Gasteiger partial charge >= 0.3 is 0 Å². The average Bonchev–Trinajstić information content (AvgIpc) is 2.95. The van der Waals surface area contributed by atoms with E-state index in [0.29, 0.717) is 11.5 Å². The lowest BCUT2D eigenvalue weighted by atomic mass is 9.59. The summed E-state index contributed by atoms with van der Waals surface area (Å²) in [5.74, 6) is 0. The molecule has 0 bridgehead atoms. The van der Waals surface area contributed by atoms with Crippen LogP contribution in [0.3, 0.4) is 0 Å². The Morgan fingerprint density at radius 2 is 2.00 bits per heavy atom. The predicted octanol–water partition coefficient (Wildman–Crippen LogP) is 4.39. The number of aryl methyl sites for hydroxylation is 1. The van der Waals surface area contributed by atoms with Crippen LogP contribution in [0.5, 0.6) is 0 Å². The van der Waals surface area contributed by atoms with Crippen LogP contribution < -0.4 is 5.32 Å². The quantitative estimate of drug-likeness (QED) is 0.830. The fourth-order valence-electron chi connectivity index (χ4n) is 3.61. The number of likely N-dealkylation sites (N-methyl/N-ethyl adjacent to an activating group) is 1. The highest BCUT2D eigenvalue weighted by Crippen LogP contribution is 2.47. The third-order valence-corrected chi connectivity index (χ3v) is 5.64. The van der Waals surface area contributed by atoms with Crippen molar-refractivity contribution in [3.8, 4) is 0 Å². The zero-order valence-corrected chi connectivity index (χ0v) is 13.0. The van der Waals surface area contributed by atoms with E-state index >= 15 is 0 Å². The van der Waals surface area contributed by atoms with Crippen molar-refractivity contribution in [1.29, 1.82) is 0 Å². The number of thiophene rings is 1. The van der Waals surface area contributed by atoms with Crippen molar-refractivity contribution in [3.63, 3.8) is 0 Å². The summed E-state index contributed by atoms with van der Waals surface area (Å²) in [6.45, 7) is 0. The van der Waals surface area contributed by atoms with E-state index in [1.165, 1.54) is 43.2 Å². The van der Waals surface area contributed by atoms with Gasteiger partial charge in [0, 0.05) is 11.5 Å². The Kier molecular flexibility index (Phi) is 4.23. The maximum atomic E-state index is 3.61. The first-order valence-electron chi connectivity index (χ1n) is 7.59. The highest BCUT2D eigenvalue weighted by molar-refractivity contribution is 7.07. The van der Waals surface area contributed by atoms with Gasteiger partial charge < -0.3 is 5.32 Å². The fourth-order valence-corrected chi connectivity index (χ4v) is 4.31. The molecule has 3 rings (SSSR count). The molecular weight excluding hydrogens is 262 g/mol. The molecule has 1 atom stereocenters. The van der Waals surface area contributed by atoms with E-state index in [1.807, 2.05) is 0 Å². The van der Waals surface area contributed by atoms with Gasteiger partial charge in [-0.25, -0.2) is 0 Å². The monoisotopic (exact) mass is 285 g/mol. The number of hydrogen-bond acceptors (Lipinski definition) is 2. The van der Waals surface area contributed by atoms with E-state index in [9.17, 15) is 0 Å². The zero-order chi connectivity index (χ0) is 13.8. The second-order valence-corrected chi connectivity index (χ2v) is 6.67. The number of hydrogen-bond donors (Lipinski definition) is 1. The lowest BCUT2D eigenvalue weighted by molar-refractivity contribution is 0.168. The molecule has 0 amide bonds. The molecule has 1 aromatic heterocycles. The van der Waals surface area contributed by atoms with E-state index in [2.05, 4.69) is 59.5 Å². The zero-order valence-electron chi connectivity index (χ0n) is 12.1. The van der Waals surface area contributed by atoms with Crippen LogP contribution in [0.1, 0.15) is 36.8 Å². The molecule has 0 spiro atoms. The minimum atomic E-state index is 0.367.